The molecule has 2 aromatic rings. The molecular weight excluding hydrogens is 276 g/mol. The average molecular weight is 292 g/mol. The van der Waals surface area contributed by atoms with Crippen LogP contribution in [-0.2, 0) is 0 Å². The maximum Gasteiger partial charge on any atom is 0.253 e. The molecule has 2 N–H and O–H groups in total. The molecule has 1 aliphatic heterocycles. The van der Waals surface area contributed by atoms with Gasteiger partial charge in [0.1, 0.15) is 0 Å². The maximum absolute atomic E-state index is 12.3. The van der Waals surface area contributed by atoms with E-state index < -0.39 is 0 Å². The molecule has 0 spiro atoms. The second kappa shape index (κ2) is 5.92. The Balaban J connectivity index is 1.68. The highest BCUT2D eigenvalue weighted by molar-refractivity contribution is 8.06. The average Bonchev–Trinajstić information content (AvgIpc) is 2.94. The third-order valence-corrected chi connectivity index (χ3v) is 6.05. The van der Waals surface area contributed by atoms with Gasteiger partial charge in [-0.25, -0.2) is 0 Å². The van der Waals surface area contributed by atoms with Crippen LogP contribution >= 0.6 is 23.5 Å². The van der Waals surface area contributed by atoms with Gasteiger partial charge in [-0.2, -0.15) is 23.5 Å². The van der Waals surface area contributed by atoms with Crippen molar-refractivity contribution in [1.82, 2.24) is 10.3 Å². The minimum absolute atomic E-state index is 0.0178. The Morgan fingerprint density at radius 1 is 1.37 bits per heavy atom. The number of amides is 1. The van der Waals surface area contributed by atoms with E-state index in [2.05, 4.69) is 10.3 Å². The van der Waals surface area contributed by atoms with Gasteiger partial charge in [-0.15, -0.1) is 0 Å². The largest absolute Gasteiger partial charge is 0.361 e. The second-order valence-electron chi connectivity index (χ2n) is 4.53. The van der Waals surface area contributed by atoms with Gasteiger partial charge in [-0.05, 0) is 12.1 Å². The number of benzene rings is 1. The Kier molecular flexibility index (Phi) is 4.03. The summed E-state index contributed by atoms with van der Waals surface area (Å²) in [6, 6.07) is 7.79. The molecule has 1 unspecified atom stereocenters. The van der Waals surface area contributed by atoms with E-state index in [1.807, 2.05) is 54.0 Å². The molecule has 0 saturated carbocycles. The summed E-state index contributed by atoms with van der Waals surface area (Å²) in [5.74, 6) is 3.58. The molecule has 19 heavy (non-hydrogen) atoms. The predicted octanol–water partition coefficient (Wildman–Crippen LogP) is 2.75. The minimum atomic E-state index is 0.0178. The number of H-pyrrole nitrogens is 1. The van der Waals surface area contributed by atoms with Gasteiger partial charge in [0.25, 0.3) is 5.91 Å². The molecule has 1 saturated heterocycles. The maximum atomic E-state index is 12.3. The van der Waals surface area contributed by atoms with Crippen LogP contribution in [0.5, 0.6) is 0 Å². The van der Waals surface area contributed by atoms with Gasteiger partial charge < -0.3 is 10.3 Å². The van der Waals surface area contributed by atoms with Gasteiger partial charge >= 0.3 is 0 Å². The first-order valence-corrected chi connectivity index (χ1v) is 8.58. The quantitative estimate of drug-likeness (QED) is 0.914. The molecule has 2 heterocycles. The van der Waals surface area contributed by atoms with Crippen LogP contribution < -0.4 is 5.32 Å². The summed E-state index contributed by atoms with van der Waals surface area (Å²) in [6.07, 6.45) is 1.87. The molecule has 100 valence electrons. The lowest BCUT2D eigenvalue weighted by Crippen LogP contribution is -2.33. The van der Waals surface area contributed by atoms with Crippen molar-refractivity contribution < 1.29 is 4.79 Å². The molecule has 1 aliphatic rings. The lowest BCUT2D eigenvalue weighted by molar-refractivity contribution is 0.0955. The van der Waals surface area contributed by atoms with E-state index in [1.54, 1.807) is 0 Å². The van der Waals surface area contributed by atoms with E-state index >= 15 is 0 Å². The fourth-order valence-corrected chi connectivity index (χ4v) is 4.84. The van der Waals surface area contributed by atoms with Crippen LogP contribution in [0.2, 0.25) is 0 Å². The highest BCUT2D eigenvalue weighted by atomic mass is 32.2. The molecule has 0 radical (unpaired) electrons. The van der Waals surface area contributed by atoms with Crippen LogP contribution in [0.1, 0.15) is 10.4 Å². The fourth-order valence-electron chi connectivity index (χ4n) is 2.23. The molecule has 3 rings (SSSR count). The van der Waals surface area contributed by atoms with E-state index in [9.17, 15) is 4.79 Å². The molecule has 1 aromatic carbocycles. The zero-order valence-electron chi connectivity index (χ0n) is 10.5. The van der Waals surface area contributed by atoms with Crippen LogP contribution in [0.25, 0.3) is 10.9 Å². The SMILES string of the molecule is O=C(NCC1CSCCS1)c1cccc2cc[nH]c12. The van der Waals surface area contributed by atoms with Gasteiger partial charge in [-0.3, -0.25) is 4.79 Å². The number of hydrogen-bond donors (Lipinski definition) is 2. The Morgan fingerprint density at radius 2 is 2.32 bits per heavy atom. The number of hydrogen-bond acceptors (Lipinski definition) is 3. The third-order valence-electron chi connectivity index (χ3n) is 3.21. The third kappa shape index (κ3) is 2.92. The fraction of sp³-hybridized carbons (Fsp3) is 0.357. The number of aromatic nitrogens is 1. The number of rotatable bonds is 3. The molecule has 0 aliphatic carbocycles. The number of para-hydroxylation sites is 1. The number of nitrogens with one attached hydrogen (secondary N) is 2. The summed E-state index contributed by atoms with van der Waals surface area (Å²) >= 11 is 3.94. The van der Waals surface area contributed by atoms with E-state index in [0.717, 1.165) is 28.8 Å². The zero-order valence-corrected chi connectivity index (χ0v) is 12.2. The van der Waals surface area contributed by atoms with Crippen LogP contribution in [0.15, 0.2) is 30.5 Å². The Morgan fingerprint density at radius 3 is 3.16 bits per heavy atom. The van der Waals surface area contributed by atoms with Gasteiger partial charge in [0.15, 0.2) is 0 Å². The monoisotopic (exact) mass is 292 g/mol. The van der Waals surface area contributed by atoms with E-state index in [-0.39, 0.29) is 5.91 Å². The number of carbonyl (C=O) groups is 1. The summed E-state index contributed by atoms with van der Waals surface area (Å²) < 4.78 is 0. The first kappa shape index (κ1) is 12.9. The number of fused-ring (bicyclic) bond motifs is 1. The van der Waals surface area contributed by atoms with Crippen molar-refractivity contribution >= 4 is 40.3 Å². The second-order valence-corrected chi connectivity index (χ2v) is 7.08. The summed E-state index contributed by atoms with van der Waals surface area (Å²) in [5, 5.41) is 4.68. The van der Waals surface area contributed by atoms with Crippen LogP contribution in [0.3, 0.4) is 0 Å². The highest BCUT2D eigenvalue weighted by Gasteiger charge is 2.16. The molecule has 0 bridgehead atoms. The standard InChI is InChI=1S/C14H16N2OS2/c17-14(16-8-11-9-18-6-7-19-11)12-3-1-2-10-4-5-15-13(10)12/h1-5,11,15H,6-9H2,(H,16,17). The van der Waals surface area contributed by atoms with E-state index in [0.29, 0.717) is 5.25 Å². The van der Waals surface area contributed by atoms with Crippen molar-refractivity contribution in [2.75, 3.05) is 23.8 Å². The molecular formula is C14H16N2OS2. The zero-order chi connectivity index (χ0) is 13.1. The molecule has 1 fully saturated rings. The Labute approximate surface area is 120 Å². The summed E-state index contributed by atoms with van der Waals surface area (Å²) in [4.78, 5) is 15.4. The van der Waals surface area contributed by atoms with Crippen LogP contribution in [0, 0.1) is 0 Å². The van der Waals surface area contributed by atoms with E-state index in [4.69, 9.17) is 0 Å². The molecule has 1 aromatic heterocycles. The first-order valence-electron chi connectivity index (χ1n) is 6.38. The summed E-state index contributed by atoms with van der Waals surface area (Å²) in [5.41, 5.74) is 1.65. The van der Waals surface area contributed by atoms with Crippen molar-refractivity contribution in [3.8, 4) is 0 Å². The molecule has 1 amide bonds. The van der Waals surface area contributed by atoms with Crippen molar-refractivity contribution in [3.63, 3.8) is 0 Å². The Bertz CT molecular complexity index is 576. The van der Waals surface area contributed by atoms with Crippen molar-refractivity contribution in [2.24, 2.45) is 0 Å². The predicted molar refractivity (Wildman–Crippen MR) is 84.2 cm³/mol. The first-order chi connectivity index (χ1) is 9.34. The minimum Gasteiger partial charge on any atom is -0.361 e. The lowest BCUT2D eigenvalue weighted by atomic mass is 10.1. The number of aromatic amines is 1. The summed E-state index contributed by atoms with van der Waals surface area (Å²) in [6.45, 7) is 0.758. The van der Waals surface area contributed by atoms with Gasteiger partial charge in [-0.1, -0.05) is 12.1 Å². The highest BCUT2D eigenvalue weighted by Crippen LogP contribution is 2.23. The number of thioether (sulfide) groups is 2. The topological polar surface area (TPSA) is 44.9 Å². The lowest BCUT2D eigenvalue weighted by Gasteiger charge is -2.21. The summed E-state index contributed by atoms with van der Waals surface area (Å²) in [7, 11) is 0. The molecule has 3 nitrogen and oxygen atoms in total. The van der Waals surface area contributed by atoms with Gasteiger partial charge in [0.2, 0.25) is 0 Å². The normalized spacial score (nSPS) is 19.5. The van der Waals surface area contributed by atoms with Gasteiger partial charge in [0, 0.05) is 40.6 Å². The van der Waals surface area contributed by atoms with Crippen molar-refractivity contribution in [2.45, 2.75) is 5.25 Å². The number of carbonyl (C=O) groups excluding carboxylic acids is 1. The van der Waals surface area contributed by atoms with Crippen molar-refractivity contribution in [1.29, 1.82) is 0 Å². The van der Waals surface area contributed by atoms with Crippen LogP contribution in [-0.4, -0.2) is 39.9 Å². The Hall–Kier alpha value is -1.07. The van der Waals surface area contributed by atoms with Gasteiger partial charge in [0.05, 0.1) is 11.1 Å². The van der Waals surface area contributed by atoms with E-state index in [1.165, 1.54) is 11.5 Å². The molecule has 1 atom stereocenters. The smallest absolute Gasteiger partial charge is 0.253 e. The molecule has 5 heteroatoms. The van der Waals surface area contributed by atoms with Crippen LogP contribution in [0.4, 0.5) is 0 Å². The van der Waals surface area contributed by atoms with Crippen molar-refractivity contribution in [3.05, 3.63) is 36.0 Å².